The van der Waals surface area contributed by atoms with Crippen molar-refractivity contribution in [2.24, 2.45) is 0 Å². The van der Waals surface area contributed by atoms with Crippen LogP contribution in [-0.4, -0.2) is 47.2 Å². The second kappa shape index (κ2) is 5.49. The monoisotopic (exact) mass is 345 g/mol. The Labute approximate surface area is 123 Å². The lowest BCUT2D eigenvalue weighted by atomic mass is 9.95. The van der Waals surface area contributed by atoms with Crippen LogP contribution in [0.2, 0.25) is 0 Å². The van der Waals surface area contributed by atoms with Crippen molar-refractivity contribution in [2.75, 3.05) is 19.7 Å². The second-order valence-corrected chi connectivity index (χ2v) is 5.69. The van der Waals surface area contributed by atoms with Crippen LogP contribution in [0.15, 0.2) is 22.7 Å². The molecule has 1 aliphatic heterocycles. The summed E-state index contributed by atoms with van der Waals surface area (Å²) in [6.45, 7) is 1.90. The molecule has 0 radical (unpaired) electrons. The van der Waals surface area contributed by atoms with Crippen LogP contribution in [-0.2, 0) is 9.53 Å². The first kappa shape index (κ1) is 14.9. The maximum Gasteiger partial charge on any atom is 0.329 e. The van der Waals surface area contributed by atoms with Crippen LogP contribution in [0.1, 0.15) is 17.3 Å². The number of carboxylic acid groups (broad SMARTS) is 1. The highest BCUT2D eigenvalue weighted by molar-refractivity contribution is 9.10. The van der Waals surface area contributed by atoms with E-state index in [9.17, 15) is 14.0 Å². The number of hydrogen-bond donors (Lipinski definition) is 1. The highest BCUT2D eigenvalue weighted by Gasteiger charge is 2.43. The predicted molar refractivity (Wildman–Crippen MR) is 72.0 cm³/mol. The van der Waals surface area contributed by atoms with Gasteiger partial charge in [0.15, 0.2) is 0 Å². The van der Waals surface area contributed by atoms with Crippen LogP contribution in [0.3, 0.4) is 0 Å². The van der Waals surface area contributed by atoms with E-state index in [-0.39, 0.29) is 29.0 Å². The van der Waals surface area contributed by atoms with Gasteiger partial charge in [-0.1, -0.05) is 6.07 Å². The van der Waals surface area contributed by atoms with Gasteiger partial charge in [-0.3, -0.25) is 4.79 Å². The Hall–Kier alpha value is -1.47. The van der Waals surface area contributed by atoms with Crippen molar-refractivity contribution in [1.82, 2.24) is 4.90 Å². The van der Waals surface area contributed by atoms with Crippen molar-refractivity contribution in [3.05, 3.63) is 34.1 Å². The van der Waals surface area contributed by atoms with Crippen molar-refractivity contribution < 1.29 is 23.8 Å². The van der Waals surface area contributed by atoms with Gasteiger partial charge in [-0.25, -0.2) is 9.18 Å². The summed E-state index contributed by atoms with van der Waals surface area (Å²) < 4.78 is 18.7. The fraction of sp³-hybridized carbons (Fsp3) is 0.385. The van der Waals surface area contributed by atoms with Gasteiger partial charge < -0.3 is 14.7 Å². The minimum Gasteiger partial charge on any atom is -0.480 e. The van der Waals surface area contributed by atoms with Crippen molar-refractivity contribution >= 4 is 27.8 Å². The Kier molecular flexibility index (Phi) is 4.10. The number of halogens is 2. The molecule has 5 nitrogen and oxygen atoms in total. The molecule has 7 heteroatoms. The molecule has 0 atom stereocenters. The van der Waals surface area contributed by atoms with Crippen molar-refractivity contribution in [3.63, 3.8) is 0 Å². The van der Waals surface area contributed by atoms with Crippen molar-refractivity contribution in [3.8, 4) is 0 Å². The van der Waals surface area contributed by atoms with E-state index in [2.05, 4.69) is 15.9 Å². The molecule has 1 N–H and O–H groups in total. The van der Waals surface area contributed by atoms with E-state index in [1.807, 2.05) is 0 Å². The number of aliphatic carboxylic acids is 1. The van der Waals surface area contributed by atoms with E-state index < -0.39 is 24.0 Å². The molecule has 1 saturated heterocycles. The van der Waals surface area contributed by atoms with E-state index >= 15 is 0 Å². The lowest BCUT2D eigenvalue weighted by molar-refractivity contribution is -0.159. The fourth-order valence-corrected chi connectivity index (χ4v) is 2.51. The first-order valence-corrected chi connectivity index (χ1v) is 6.71. The van der Waals surface area contributed by atoms with Crippen LogP contribution in [0.25, 0.3) is 0 Å². The number of hydrogen-bond acceptors (Lipinski definition) is 3. The van der Waals surface area contributed by atoms with Gasteiger partial charge in [0.1, 0.15) is 18.0 Å². The molecule has 108 valence electrons. The Morgan fingerprint density at radius 1 is 1.50 bits per heavy atom. The summed E-state index contributed by atoms with van der Waals surface area (Å²) in [6, 6.07) is 4.26. The van der Waals surface area contributed by atoms with Gasteiger partial charge >= 0.3 is 5.97 Å². The van der Waals surface area contributed by atoms with E-state index in [0.29, 0.717) is 0 Å². The van der Waals surface area contributed by atoms with Crippen LogP contribution in [0.4, 0.5) is 4.39 Å². The Balaban J connectivity index is 2.00. The topological polar surface area (TPSA) is 66.8 Å². The smallest absolute Gasteiger partial charge is 0.329 e. The third-order valence-electron chi connectivity index (χ3n) is 3.06. The van der Waals surface area contributed by atoms with Gasteiger partial charge in [0, 0.05) is 0 Å². The Bertz CT molecular complexity index is 557. The molecule has 1 aliphatic rings. The number of ether oxygens (including phenoxy) is 1. The predicted octanol–water partition coefficient (Wildman–Crippen LogP) is 1.90. The van der Waals surface area contributed by atoms with Crippen LogP contribution in [0.5, 0.6) is 0 Å². The van der Waals surface area contributed by atoms with Crippen LogP contribution < -0.4 is 0 Å². The number of carbonyl (C=O) groups is 2. The molecule has 0 spiro atoms. The quantitative estimate of drug-likeness (QED) is 0.904. The zero-order valence-corrected chi connectivity index (χ0v) is 12.3. The third-order valence-corrected chi connectivity index (χ3v) is 3.87. The van der Waals surface area contributed by atoms with E-state index in [1.165, 1.54) is 23.1 Å². The molecule has 1 heterocycles. The number of amides is 1. The van der Waals surface area contributed by atoms with E-state index in [4.69, 9.17) is 9.84 Å². The largest absolute Gasteiger partial charge is 0.480 e. The zero-order chi connectivity index (χ0) is 14.9. The summed E-state index contributed by atoms with van der Waals surface area (Å²) >= 11 is 3.05. The van der Waals surface area contributed by atoms with Crippen LogP contribution in [0, 0.1) is 5.82 Å². The van der Waals surface area contributed by atoms with Gasteiger partial charge in [0.2, 0.25) is 0 Å². The molecule has 0 aromatic heterocycles. The third kappa shape index (κ3) is 2.99. The SMILES string of the molecule is CC1(OCC(=O)O)CN(C(=O)c2cccc(F)c2Br)C1. The summed E-state index contributed by atoms with van der Waals surface area (Å²) in [5, 5.41) is 8.56. The molecule has 1 aromatic carbocycles. The molecule has 2 rings (SSSR count). The van der Waals surface area contributed by atoms with Crippen molar-refractivity contribution in [2.45, 2.75) is 12.5 Å². The number of rotatable bonds is 4. The van der Waals surface area contributed by atoms with E-state index in [1.54, 1.807) is 6.92 Å². The van der Waals surface area contributed by atoms with Gasteiger partial charge in [-0.2, -0.15) is 0 Å². The standard InChI is InChI=1S/C13H13BrFNO4/c1-13(20-5-10(17)18)6-16(7-13)12(19)8-3-2-4-9(15)11(8)14/h2-4H,5-7H2,1H3,(H,17,18). The maximum absolute atomic E-state index is 13.4. The van der Waals surface area contributed by atoms with Crippen molar-refractivity contribution in [1.29, 1.82) is 0 Å². The average Bonchev–Trinajstić information content (AvgIpc) is 2.35. The maximum atomic E-state index is 13.4. The molecule has 0 saturated carbocycles. The number of carbonyl (C=O) groups excluding carboxylic acids is 1. The lowest BCUT2D eigenvalue weighted by Gasteiger charge is -2.47. The first-order chi connectivity index (χ1) is 9.32. The molecule has 0 unspecified atom stereocenters. The first-order valence-electron chi connectivity index (χ1n) is 5.91. The minimum atomic E-state index is -1.05. The summed E-state index contributed by atoms with van der Waals surface area (Å²) in [4.78, 5) is 24.1. The molecular weight excluding hydrogens is 333 g/mol. The highest BCUT2D eigenvalue weighted by atomic mass is 79.9. The lowest BCUT2D eigenvalue weighted by Crippen LogP contribution is -2.63. The average molecular weight is 346 g/mol. The zero-order valence-electron chi connectivity index (χ0n) is 10.7. The fourth-order valence-electron chi connectivity index (χ4n) is 2.07. The Morgan fingerprint density at radius 2 is 2.15 bits per heavy atom. The molecule has 20 heavy (non-hydrogen) atoms. The number of nitrogens with zero attached hydrogens (tertiary/aromatic N) is 1. The van der Waals surface area contributed by atoms with Gasteiger partial charge in [-0.15, -0.1) is 0 Å². The van der Waals surface area contributed by atoms with E-state index in [0.717, 1.165) is 0 Å². The summed E-state index contributed by atoms with van der Waals surface area (Å²) in [6.07, 6.45) is 0. The molecule has 1 fully saturated rings. The molecule has 0 bridgehead atoms. The second-order valence-electron chi connectivity index (χ2n) is 4.89. The summed E-state index contributed by atoms with van der Waals surface area (Å²) in [5.74, 6) is -1.86. The normalized spacial score (nSPS) is 16.6. The van der Waals surface area contributed by atoms with Gasteiger partial charge in [0.05, 0.1) is 23.1 Å². The molecule has 0 aliphatic carbocycles. The number of carboxylic acids is 1. The van der Waals surface area contributed by atoms with Gasteiger partial charge in [0.25, 0.3) is 5.91 Å². The summed E-state index contributed by atoms with van der Waals surface area (Å²) in [5.41, 5.74) is -0.418. The molecular formula is C13H13BrFNO4. The van der Waals surface area contributed by atoms with Crippen LogP contribution >= 0.6 is 15.9 Å². The Morgan fingerprint density at radius 3 is 2.75 bits per heavy atom. The summed E-state index contributed by atoms with van der Waals surface area (Å²) in [7, 11) is 0. The number of likely N-dealkylation sites (tertiary alicyclic amines) is 1. The minimum absolute atomic E-state index is 0.130. The van der Waals surface area contributed by atoms with Gasteiger partial charge in [-0.05, 0) is 35.0 Å². The highest BCUT2D eigenvalue weighted by Crippen LogP contribution is 2.29. The molecule has 1 amide bonds. The number of benzene rings is 1. The molecule has 1 aromatic rings.